The Morgan fingerprint density at radius 3 is 2.76 bits per heavy atom. The molecule has 2 heterocycles. The molecular formula is C19H32N4O2. The van der Waals surface area contributed by atoms with Crippen LogP contribution < -0.4 is 0 Å². The average Bonchev–Trinajstić information content (AvgIpc) is 3.34. The maximum Gasteiger partial charge on any atom is 0.251 e. The minimum atomic E-state index is -0.313. The molecule has 1 aromatic heterocycles. The molecule has 1 aliphatic heterocycles. The maximum absolute atomic E-state index is 12.6. The molecule has 3 rings (SSSR count). The van der Waals surface area contributed by atoms with Crippen molar-refractivity contribution in [1.29, 1.82) is 0 Å². The first kappa shape index (κ1) is 18.4. The first-order valence-corrected chi connectivity index (χ1v) is 9.69. The van der Waals surface area contributed by atoms with E-state index < -0.39 is 0 Å². The SMILES string of the molecule is CC(C)n1ccnc1CN1CCCN(C(=O)[C@H](C)OCC2CC2)CC1. The Kier molecular flexibility index (Phi) is 6.12. The lowest BCUT2D eigenvalue weighted by atomic mass is 10.3. The number of carbonyl (C=O) groups is 1. The molecule has 6 nitrogen and oxygen atoms in total. The molecule has 2 fully saturated rings. The molecule has 1 saturated heterocycles. The second-order valence-electron chi connectivity index (χ2n) is 7.72. The Labute approximate surface area is 151 Å². The van der Waals surface area contributed by atoms with Crippen LogP contribution in [0.4, 0.5) is 0 Å². The van der Waals surface area contributed by atoms with E-state index in [0.717, 1.165) is 51.6 Å². The number of nitrogens with zero attached hydrogens (tertiary/aromatic N) is 4. The summed E-state index contributed by atoms with van der Waals surface area (Å²) in [5.74, 6) is 1.95. The lowest BCUT2D eigenvalue weighted by Crippen LogP contribution is -2.41. The van der Waals surface area contributed by atoms with Crippen LogP contribution in [-0.2, 0) is 16.1 Å². The molecule has 1 amide bonds. The first-order chi connectivity index (χ1) is 12.0. The van der Waals surface area contributed by atoms with Gasteiger partial charge in [-0.3, -0.25) is 9.69 Å². The van der Waals surface area contributed by atoms with E-state index in [4.69, 9.17) is 4.74 Å². The van der Waals surface area contributed by atoms with Crippen LogP contribution in [-0.4, -0.2) is 64.1 Å². The van der Waals surface area contributed by atoms with Gasteiger partial charge in [0.15, 0.2) is 0 Å². The van der Waals surface area contributed by atoms with Crippen molar-refractivity contribution >= 4 is 5.91 Å². The van der Waals surface area contributed by atoms with Crippen LogP contribution in [0.2, 0.25) is 0 Å². The molecule has 1 atom stereocenters. The fourth-order valence-electron chi connectivity index (χ4n) is 3.38. The van der Waals surface area contributed by atoms with Gasteiger partial charge < -0.3 is 14.2 Å². The lowest BCUT2D eigenvalue weighted by molar-refractivity contribution is -0.142. The van der Waals surface area contributed by atoms with Gasteiger partial charge in [-0.05, 0) is 46.0 Å². The number of rotatable bonds is 7. The Hall–Kier alpha value is -1.40. The van der Waals surface area contributed by atoms with Crippen molar-refractivity contribution in [3.8, 4) is 0 Å². The van der Waals surface area contributed by atoms with Crippen LogP contribution in [0.3, 0.4) is 0 Å². The van der Waals surface area contributed by atoms with Gasteiger partial charge in [-0.25, -0.2) is 4.98 Å². The number of hydrogen-bond donors (Lipinski definition) is 0. The number of carbonyl (C=O) groups excluding carboxylic acids is 1. The predicted octanol–water partition coefficient (Wildman–Crippen LogP) is 2.31. The second kappa shape index (κ2) is 8.32. The van der Waals surface area contributed by atoms with E-state index in [1.807, 2.05) is 24.2 Å². The third kappa shape index (κ3) is 5.05. The zero-order valence-corrected chi connectivity index (χ0v) is 15.9. The number of ether oxygens (including phenoxy) is 1. The Balaban J connectivity index is 1.49. The van der Waals surface area contributed by atoms with E-state index in [0.29, 0.717) is 12.0 Å². The van der Waals surface area contributed by atoms with Gasteiger partial charge in [0.2, 0.25) is 0 Å². The summed E-state index contributed by atoms with van der Waals surface area (Å²) in [5, 5.41) is 0. The van der Waals surface area contributed by atoms with E-state index >= 15 is 0 Å². The van der Waals surface area contributed by atoms with Crippen LogP contribution in [0, 0.1) is 5.92 Å². The monoisotopic (exact) mass is 348 g/mol. The molecular weight excluding hydrogens is 316 g/mol. The predicted molar refractivity (Wildman–Crippen MR) is 97.2 cm³/mol. The first-order valence-electron chi connectivity index (χ1n) is 9.69. The van der Waals surface area contributed by atoms with E-state index in [9.17, 15) is 4.79 Å². The summed E-state index contributed by atoms with van der Waals surface area (Å²) in [6, 6.07) is 0.423. The quantitative estimate of drug-likeness (QED) is 0.759. The molecule has 0 N–H and O–H groups in total. The summed E-state index contributed by atoms with van der Waals surface area (Å²) in [4.78, 5) is 21.5. The summed E-state index contributed by atoms with van der Waals surface area (Å²) in [6.07, 6.45) is 7.13. The van der Waals surface area contributed by atoms with Crippen molar-refractivity contribution in [1.82, 2.24) is 19.4 Å². The normalized spacial score (nSPS) is 20.7. The summed E-state index contributed by atoms with van der Waals surface area (Å²) in [6.45, 7) is 11.3. The van der Waals surface area contributed by atoms with Crippen molar-refractivity contribution in [2.24, 2.45) is 5.92 Å². The number of aromatic nitrogens is 2. The average molecular weight is 348 g/mol. The third-order valence-corrected chi connectivity index (χ3v) is 5.20. The van der Waals surface area contributed by atoms with Crippen LogP contribution in [0.25, 0.3) is 0 Å². The summed E-state index contributed by atoms with van der Waals surface area (Å²) in [7, 11) is 0. The molecule has 1 aliphatic carbocycles. The van der Waals surface area contributed by atoms with Gasteiger partial charge in [0.1, 0.15) is 11.9 Å². The third-order valence-electron chi connectivity index (χ3n) is 5.20. The second-order valence-corrected chi connectivity index (χ2v) is 7.72. The molecule has 6 heteroatoms. The van der Waals surface area contributed by atoms with Gasteiger partial charge in [0.05, 0.1) is 13.2 Å². The van der Waals surface area contributed by atoms with Crippen molar-refractivity contribution in [2.75, 3.05) is 32.8 Å². The topological polar surface area (TPSA) is 50.6 Å². The minimum Gasteiger partial charge on any atom is -0.368 e. The fraction of sp³-hybridized carbons (Fsp3) is 0.789. The van der Waals surface area contributed by atoms with Crippen LogP contribution in [0.1, 0.15) is 51.9 Å². The van der Waals surface area contributed by atoms with Crippen LogP contribution in [0.5, 0.6) is 0 Å². The van der Waals surface area contributed by atoms with Crippen LogP contribution >= 0.6 is 0 Å². The van der Waals surface area contributed by atoms with Gasteiger partial charge >= 0.3 is 0 Å². The van der Waals surface area contributed by atoms with Crippen molar-refractivity contribution in [2.45, 2.75) is 58.7 Å². The Morgan fingerprint density at radius 2 is 2.04 bits per heavy atom. The highest BCUT2D eigenvalue weighted by atomic mass is 16.5. The number of imidazole rings is 1. The molecule has 0 unspecified atom stereocenters. The van der Waals surface area contributed by atoms with Gasteiger partial charge in [0, 0.05) is 44.6 Å². The Morgan fingerprint density at radius 1 is 1.24 bits per heavy atom. The molecule has 1 aromatic rings. The summed E-state index contributed by atoms with van der Waals surface area (Å²) in [5.41, 5.74) is 0. The molecule has 0 radical (unpaired) electrons. The van der Waals surface area contributed by atoms with Gasteiger partial charge in [-0.1, -0.05) is 0 Å². The lowest BCUT2D eigenvalue weighted by Gasteiger charge is -2.25. The molecule has 2 aliphatic rings. The maximum atomic E-state index is 12.6. The van der Waals surface area contributed by atoms with E-state index in [-0.39, 0.29) is 12.0 Å². The number of hydrogen-bond acceptors (Lipinski definition) is 4. The molecule has 140 valence electrons. The van der Waals surface area contributed by atoms with E-state index in [1.54, 1.807) is 0 Å². The molecule has 25 heavy (non-hydrogen) atoms. The summed E-state index contributed by atoms with van der Waals surface area (Å²) >= 11 is 0. The fourth-order valence-corrected chi connectivity index (χ4v) is 3.38. The van der Waals surface area contributed by atoms with E-state index in [2.05, 4.69) is 28.3 Å². The number of amides is 1. The molecule has 0 aromatic carbocycles. The van der Waals surface area contributed by atoms with Gasteiger partial charge in [-0.2, -0.15) is 0 Å². The van der Waals surface area contributed by atoms with Crippen molar-refractivity contribution < 1.29 is 9.53 Å². The van der Waals surface area contributed by atoms with Crippen molar-refractivity contribution in [3.05, 3.63) is 18.2 Å². The molecule has 0 bridgehead atoms. The van der Waals surface area contributed by atoms with E-state index in [1.165, 1.54) is 12.8 Å². The minimum absolute atomic E-state index is 0.145. The zero-order valence-electron chi connectivity index (χ0n) is 15.9. The zero-order chi connectivity index (χ0) is 17.8. The Bertz CT molecular complexity index is 568. The van der Waals surface area contributed by atoms with Crippen LogP contribution in [0.15, 0.2) is 12.4 Å². The highest BCUT2D eigenvalue weighted by molar-refractivity contribution is 5.80. The molecule has 0 spiro atoms. The smallest absolute Gasteiger partial charge is 0.251 e. The summed E-state index contributed by atoms with van der Waals surface area (Å²) < 4.78 is 7.98. The van der Waals surface area contributed by atoms with Gasteiger partial charge in [-0.15, -0.1) is 0 Å². The van der Waals surface area contributed by atoms with Gasteiger partial charge in [0.25, 0.3) is 5.91 Å². The molecule has 1 saturated carbocycles. The standard InChI is InChI=1S/C19H32N4O2/c1-15(2)23-10-7-20-18(23)13-21-8-4-9-22(12-11-21)19(24)16(3)25-14-17-5-6-17/h7,10,15-17H,4-6,8-9,11-14H2,1-3H3/t16-/m0/s1. The highest BCUT2D eigenvalue weighted by Gasteiger charge is 2.27. The highest BCUT2D eigenvalue weighted by Crippen LogP contribution is 2.29. The van der Waals surface area contributed by atoms with Crippen molar-refractivity contribution in [3.63, 3.8) is 0 Å². The largest absolute Gasteiger partial charge is 0.368 e.